The van der Waals surface area contributed by atoms with Gasteiger partial charge in [-0.3, -0.25) is 9.59 Å². The van der Waals surface area contributed by atoms with E-state index < -0.39 is 0 Å². The monoisotopic (exact) mass is 356 g/mol. The van der Waals surface area contributed by atoms with E-state index in [9.17, 15) is 9.59 Å². The number of hydrogen-bond donors (Lipinski definition) is 2. The van der Waals surface area contributed by atoms with Crippen molar-refractivity contribution in [3.05, 3.63) is 53.6 Å². The van der Waals surface area contributed by atoms with Gasteiger partial charge in [-0.05, 0) is 50.6 Å². The number of para-hydroxylation sites is 1. The Hall–Kier alpha value is -3.02. The standard InChI is InChI=1S/C20H24N2O4/c1-13(2)21-20(24)15-7-5-6-8-16(15)22-19(23)12-26-17-10-9-14(3)11-18(17)25-4/h5-11,13H,12H2,1-4H3,(H,21,24)(H,22,23). The molecule has 0 saturated heterocycles. The van der Waals surface area contributed by atoms with E-state index in [2.05, 4.69) is 10.6 Å². The second kappa shape index (κ2) is 8.89. The number of amides is 2. The fourth-order valence-corrected chi connectivity index (χ4v) is 2.35. The predicted octanol–water partition coefficient (Wildman–Crippen LogP) is 3.16. The molecule has 0 aliphatic rings. The van der Waals surface area contributed by atoms with Crippen LogP contribution in [0.15, 0.2) is 42.5 Å². The third-order valence-corrected chi connectivity index (χ3v) is 3.54. The molecule has 0 atom stereocenters. The summed E-state index contributed by atoms with van der Waals surface area (Å²) in [5.41, 5.74) is 1.88. The molecule has 0 bridgehead atoms. The number of anilines is 1. The number of hydrogen-bond acceptors (Lipinski definition) is 4. The largest absolute Gasteiger partial charge is 0.493 e. The zero-order valence-electron chi connectivity index (χ0n) is 15.5. The molecule has 0 aliphatic heterocycles. The van der Waals surface area contributed by atoms with E-state index in [-0.39, 0.29) is 24.5 Å². The van der Waals surface area contributed by atoms with Crippen LogP contribution in [0.2, 0.25) is 0 Å². The second-order valence-corrected chi connectivity index (χ2v) is 6.16. The van der Waals surface area contributed by atoms with Crippen LogP contribution in [0, 0.1) is 6.92 Å². The molecule has 0 radical (unpaired) electrons. The van der Waals surface area contributed by atoms with Crippen molar-refractivity contribution in [2.75, 3.05) is 19.0 Å². The van der Waals surface area contributed by atoms with Crippen molar-refractivity contribution in [2.45, 2.75) is 26.8 Å². The molecule has 2 rings (SSSR count). The van der Waals surface area contributed by atoms with Crippen molar-refractivity contribution >= 4 is 17.5 Å². The summed E-state index contributed by atoms with van der Waals surface area (Å²) in [5.74, 6) is 0.447. The van der Waals surface area contributed by atoms with Crippen LogP contribution >= 0.6 is 0 Å². The molecule has 0 heterocycles. The zero-order valence-corrected chi connectivity index (χ0v) is 15.5. The van der Waals surface area contributed by atoms with Crippen LogP contribution in [0.4, 0.5) is 5.69 Å². The minimum atomic E-state index is -0.363. The Balaban J connectivity index is 2.04. The summed E-state index contributed by atoms with van der Waals surface area (Å²) in [6.45, 7) is 5.50. The molecule has 2 N–H and O–H groups in total. The molecule has 0 unspecified atom stereocenters. The average Bonchev–Trinajstić information content (AvgIpc) is 2.60. The lowest BCUT2D eigenvalue weighted by Crippen LogP contribution is -2.31. The van der Waals surface area contributed by atoms with Gasteiger partial charge in [-0.25, -0.2) is 0 Å². The Bertz CT molecular complexity index is 787. The molecule has 0 aromatic heterocycles. The Morgan fingerprint density at radius 1 is 1.08 bits per heavy atom. The lowest BCUT2D eigenvalue weighted by Gasteiger charge is -2.14. The van der Waals surface area contributed by atoms with Crippen LogP contribution in [0.25, 0.3) is 0 Å². The number of rotatable bonds is 7. The molecular weight excluding hydrogens is 332 g/mol. The van der Waals surface area contributed by atoms with Gasteiger partial charge in [-0.1, -0.05) is 18.2 Å². The zero-order chi connectivity index (χ0) is 19.1. The van der Waals surface area contributed by atoms with Crippen molar-refractivity contribution < 1.29 is 19.1 Å². The van der Waals surface area contributed by atoms with E-state index in [0.29, 0.717) is 22.7 Å². The number of nitrogens with one attached hydrogen (secondary N) is 2. The number of carbonyl (C=O) groups excluding carboxylic acids is 2. The number of ether oxygens (including phenoxy) is 2. The van der Waals surface area contributed by atoms with Crippen LogP contribution in [0.3, 0.4) is 0 Å². The maximum atomic E-state index is 12.2. The Morgan fingerprint density at radius 2 is 1.81 bits per heavy atom. The van der Waals surface area contributed by atoms with Crippen molar-refractivity contribution in [3.8, 4) is 11.5 Å². The van der Waals surface area contributed by atoms with Gasteiger partial charge in [0.15, 0.2) is 18.1 Å². The van der Waals surface area contributed by atoms with Crippen molar-refractivity contribution in [1.82, 2.24) is 5.32 Å². The third kappa shape index (κ3) is 5.24. The minimum Gasteiger partial charge on any atom is -0.493 e. The number of carbonyl (C=O) groups is 2. The van der Waals surface area contributed by atoms with E-state index in [0.717, 1.165) is 5.56 Å². The molecule has 2 aromatic rings. The normalized spacial score (nSPS) is 10.3. The van der Waals surface area contributed by atoms with Gasteiger partial charge >= 0.3 is 0 Å². The van der Waals surface area contributed by atoms with Gasteiger partial charge in [0.2, 0.25) is 0 Å². The molecule has 138 valence electrons. The summed E-state index contributed by atoms with van der Waals surface area (Å²) in [5, 5.41) is 5.53. The van der Waals surface area contributed by atoms with E-state index in [1.165, 1.54) is 0 Å². The number of methoxy groups -OCH3 is 1. The van der Waals surface area contributed by atoms with E-state index in [4.69, 9.17) is 9.47 Å². The summed E-state index contributed by atoms with van der Waals surface area (Å²) in [7, 11) is 1.55. The van der Waals surface area contributed by atoms with Gasteiger partial charge < -0.3 is 20.1 Å². The maximum Gasteiger partial charge on any atom is 0.262 e. The molecule has 2 amide bonds. The van der Waals surface area contributed by atoms with Gasteiger partial charge in [-0.2, -0.15) is 0 Å². The van der Waals surface area contributed by atoms with Crippen LogP contribution in [0.1, 0.15) is 29.8 Å². The first kappa shape index (κ1) is 19.3. The first-order valence-electron chi connectivity index (χ1n) is 8.38. The number of aryl methyl sites for hydroxylation is 1. The highest BCUT2D eigenvalue weighted by molar-refractivity contribution is 6.04. The highest BCUT2D eigenvalue weighted by atomic mass is 16.5. The third-order valence-electron chi connectivity index (χ3n) is 3.54. The topological polar surface area (TPSA) is 76.7 Å². The summed E-state index contributed by atoms with van der Waals surface area (Å²) < 4.78 is 10.8. The predicted molar refractivity (Wildman–Crippen MR) is 101 cm³/mol. The van der Waals surface area contributed by atoms with Crippen LogP contribution in [-0.2, 0) is 4.79 Å². The summed E-state index contributed by atoms with van der Waals surface area (Å²) in [6.07, 6.45) is 0. The SMILES string of the molecule is COc1cc(C)ccc1OCC(=O)Nc1ccccc1C(=O)NC(C)C. The molecular formula is C20H24N2O4. The van der Waals surface area contributed by atoms with E-state index in [1.54, 1.807) is 37.4 Å². The first-order chi connectivity index (χ1) is 12.4. The van der Waals surface area contributed by atoms with Crippen molar-refractivity contribution in [2.24, 2.45) is 0 Å². The Kier molecular flexibility index (Phi) is 6.60. The fraction of sp³-hybridized carbons (Fsp3) is 0.300. The van der Waals surface area contributed by atoms with Gasteiger partial charge in [0.05, 0.1) is 18.4 Å². The molecule has 0 fully saturated rings. The molecule has 0 aliphatic carbocycles. The lowest BCUT2D eigenvalue weighted by molar-refractivity contribution is -0.118. The van der Waals surface area contributed by atoms with Crippen LogP contribution in [-0.4, -0.2) is 31.6 Å². The molecule has 0 spiro atoms. The molecule has 6 nitrogen and oxygen atoms in total. The molecule has 2 aromatic carbocycles. The number of benzene rings is 2. The summed E-state index contributed by atoms with van der Waals surface area (Å²) in [6, 6.07) is 12.3. The fourth-order valence-electron chi connectivity index (χ4n) is 2.35. The molecule has 0 saturated carbocycles. The minimum absolute atomic E-state index is 0.00333. The Labute approximate surface area is 153 Å². The maximum absolute atomic E-state index is 12.2. The smallest absolute Gasteiger partial charge is 0.262 e. The van der Waals surface area contributed by atoms with Crippen molar-refractivity contribution in [3.63, 3.8) is 0 Å². The van der Waals surface area contributed by atoms with Crippen LogP contribution < -0.4 is 20.1 Å². The van der Waals surface area contributed by atoms with Gasteiger partial charge in [0.25, 0.3) is 11.8 Å². The van der Waals surface area contributed by atoms with Gasteiger partial charge in [-0.15, -0.1) is 0 Å². The lowest BCUT2D eigenvalue weighted by atomic mass is 10.1. The summed E-state index contributed by atoms with van der Waals surface area (Å²) >= 11 is 0. The summed E-state index contributed by atoms with van der Waals surface area (Å²) in [4.78, 5) is 24.5. The first-order valence-corrected chi connectivity index (χ1v) is 8.38. The highest BCUT2D eigenvalue weighted by Crippen LogP contribution is 2.27. The molecule has 26 heavy (non-hydrogen) atoms. The molecule has 6 heteroatoms. The average molecular weight is 356 g/mol. The van der Waals surface area contributed by atoms with Crippen LogP contribution in [0.5, 0.6) is 11.5 Å². The van der Waals surface area contributed by atoms with Gasteiger partial charge in [0, 0.05) is 6.04 Å². The second-order valence-electron chi connectivity index (χ2n) is 6.16. The van der Waals surface area contributed by atoms with E-state index in [1.807, 2.05) is 32.9 Å². The van der Waals surface area contributed by atoms with Gasteiger partial charge in [0.1, 0.15) is 0 Å². The quantitative estimate of drug-likeness (QED) is 0.799. The van der Waals surface area contributed by atoms with Crippen molar-refractivity contribution in [1.29, 1.82) is 0 Å². The highest BCUT2D eigenvalue weighted by Gasteiger charge is 2.14. The Morgan fingerprint density at radius 3 is 2.50 bits per heavy atom. The van der Waals surface area contributed by atoms with E-state index >= 15 is 0 Å².